The van der Waals surface area contributed by atoms with E-state index in [2.05, 4.69) is 167 Å². The Morgan fingerprint density at radius 1 is 0.375 bits per heavy atom. The standard InChI is InChI=1S/C53H30N2O/c1-54-35-23-26-48-45(30-35)44-29-34(22-25-47(44)55(48)36-24-27-50-46(31-36)39-16-10-11-21-49(39)56-50)51-40-17-6-8-19-42(40)53(43-20-9-7-18-41(43)51)52-37-14-4-2-12-32(37)28-33-13-3-5-15-38(33)52/h2-31H. The van der Waals surface area contributed by atoms with Crippen LogP contribution in [0.5, 0.6) is 0 Å². The molecule has 258 valence electrons. The van der Waals surface area contributed by atoms with Crippen molar-refractivity contribution >= 4 is 92.5 Å². The molecule has 0 atom stereocenters. The number of para-hydroxylation sites is 1. The summed E-state index contributed by atoms with van der Waals surface area (Å²) in [6, 6.07) is 65.3. The van der Waals surface area contributed by atoms with Gasteiger partial charge < -0.3 is 8.98 Å². The lowest BCUT2D eigenvalue weighted by Crippen LogP contribution is -1.94. The lowest BCUT2D eigenvalue weighted by molar-refractivity contribution is 0.669. The molecule has 0 aliphatic rings. The second-order valence-electron chi connectivity index (χ2n) is 14.7. The van der Waals surface area contributed by atoms with Gasteiger partial charge in [0.1, 0.15) is 11.2 Å². The van der Waals surface area contributed by atoms with Crippen molar-refractivity contribution < 1.29 is 4.42 Å². The van der Waals surface area contributed by atoms with E-state index in [1.165, 1.54) is 59.8 Å². The normalized spacial score (nSPS) is 11.9. The molecule has 0 radical (unpaired) electrons. The van der Waals surface area contributed by atoms with Crippen LogP contribution in [0.2, 0.25) is 0 Å². The predicted molar refractivity (Wildman–Crippen MR) is 235 cm³/mol. The summed E-state index contributed by atoms with van der Waals surface area (Å²) in [5.41, 5.74) is 10.5. The van der Waals surface area contributed by atoms with E-state index in [9.17, 15) is 0 Å². The molecule has 12 rings (SSSR count). The minimum absolute atomic E-state index is 0.626. The van der Waals surface area contributed by atoms with Crippen molar-refractivity contribution in [3.8, 4) is 27.9 Å². The van der Waals surface area contributed by atoms with E-state index in [0.29, 0.717) is 5.69 Å². The number of hydrogen-bond donors (Lipinski definition) is 0. The van der Waals surface area contributed by atoms with E-state index in [1.54, 1.807) is 0 Å². The third-order valence-electron chi connectivity index (χ3n) is 11.7. The highest BCUT2D eigenvalue weighted by molar-refractivity contribution is 6.28. The van der Waals surface area contributed by atoms with Gasteiger partial charge in [0.25, 0.3) is 0 Å². The molecular formula is C53H30N2O. The molecule has 56 heavy (non-hydrogen) atoms. The maximum absolute atomic E-state index is 7.90. The molecule has 0 fully saturated rings. The molecule has 0 bridgehead atoms. The fraction of sp³-hybridized carbons (Fsp3) is 0. The first-order chi connectivity index (χ1) is 27.7. The number of rotatable bonds is 3. The van der Waals surface area contributed by atoms with Crippen LogP contribution in [0.25, 0.3) is 120 Å². The third kappa shape index (κ3) is 4.33. The first kappa shape index (κ1) is 30.8. The Kier molecular flexibility index (Phi) is 6.41. The monoisotopic (exact) mass is 710 g/mol. The summed E-state index contributed by atoms with van der Waals surface area (Å²) in [6.07, 6.45) is 0. The van der Waals surface area contributed by atoms with Gasteiger partial charge in [0.05, 0.1) is 17.6 Å². The largest absolute Gasteiger partial charge is 0.456 e. The van der Waals surface area contributed by atoms with Crippen LogP contribution in [0, 0.1) is 6.57 Å². The summed E-state index contributed by atoms with van der Waals surface area (Å²) in [5, 5.41) is 14.2. The second-order valence-corrected chi connectivity index (χ2v) is 14.7. The van der Waals surface area contributed by atoms with Crippen molar-refractivity contribution in [2.75, 3.05) is 0 Å². The molecule has 0 unspecified atom stereocenters. The topological polar surface area (TPSA) is 22.4 Å². The molecule has 10 aromatic carbocycles. The summed E-state index contributed by atoms with van der Waals surface area (Å²) in [7, 11) is 0. The molecule has 0 amide bonds. The Hall–Kier alpha value is -7.67. The molecule has 3 nitrogen and oxygen atoms in total. The van der Waals surface area contributed by atoms with Gasteiger partial charge in [-0.1, -0.05) is 127 Å². The molecule has 2 aromatic heterocycles. The van der Waals surface area contributed by atoms with Gasteiger partial charge in [-0.25, -0.2) is 4.85 Å². The molecule has 0 saturated carbocycles. The summed E-state index contributed by atoms with van der Waals surface area (Å²) < 4.78 is 8.53. The lowest BCUT2D eigenvalue weighted by Gasteiger charge is -2.20. The third-order valence-corrected chi connectivity index (χ3v) is 11.7. The Morgan fingerprint density at radius 3 is 1.55 bits per heavy atom. The van der Waals surface area contributed by atoms with Crippen molar-refractivity contribution in [2.45, 2.75) is 0 Å². The number of furan rings is 1. The highest BCUT2D eigenvalue weighted by atomic mass is 16.3. The van der Waals surface area contributed by atoms with Crippen LogP contribution in [-0.2, 0) is 0 Å². The minimum Gasteiger partial charge on any atom is -0.456 e. The van der Waals surface area contributed by atoms with Gasteiger partial charge in [0.2, 0.25) is 0 Å². The minimum atomic E-state index is 0.626. The van der Waals surface area contributed by atoms with Crippen LogP contribution in [0.1, 0.15) is 0 Å². The molecule has 0 saturated heterocycles. The first-order valence-electron chi connectivity index (χ1n) is 19.0. The van der Waals surface area contributed by atoms with Gasteiger partial charge >= 0.3 is 0 Å². The molecule has 3 heteroatoms. The van der Waals surface area contributed by atoms with Crippen molar-refractivity contribution in [3.63, 3.8) is 0 Å². The van der Waals surface area contributed by atoms with E-state index in [4.69, 9.17) is 11.0 Å². The molecule has 0 aliphatic carbocycles. The SMILES string of the molecule is [C-]#[N+]c1ccc2c(c1)c1cc(-c3c4ccccc4c(-c4c5ccccc5cc5ccccc45)c4ccccc34)ccc1n2-c1ccc2oc3ccccc3c2c1. The summed E-state index contributed by atoms with van der Waals surface area (Å²) in [4.78, 5) is 3.85. The highest BCUT2D eigenvalue weighted by Gasteiger charge is 2.22. The van der Waals surface area contributed by atoms with Gasteiger partial charge in [-0.2, -0.15) is 0 Å². The fourth-order valence-electron chi connectivity index (χ4n) is 9.36. The van der Waals surface area contributed by atoms with E-state index in [-0.39, 0.29) is 0 Å². The summed E-state index contributed by atoms with van der Waals surface area (Å²) in [5.74, 6) is 0. The average Bonchev–Trinajstić information content (AvgIpc) is 3.79. The van der Waals surface area contributed by atoms with Gasteiger partial charge in [0.15, 0.2) is 5.69 Å². The Balaban J connectivity index is 1.16. The molecule has 0 spiro atoms. The van der Waals surface area contributed by atoms with Gasteiger partial charge in [-0.05, 0) is 125 Å². The zero-order chi connectivity index (χ0) is 36.9. The fourth-order valence-corrected chi connectivity index (χ4v) is 9.36. The Morgan fingerprint density at radius 2 is 0.893 bits per heavy atom. The zero-order valence-electron chi connectivity index (χ0n) is 30.1. The van der Waals surface area contributed by atoms with E-state index >= 15 is 0 Å². The average molecular weight is 711 g/mol. The van der Waals surface area contributed by atoms with Crippen molar-refractivity contribution in [3.05, 3.63) is 193 Å². The van der Waals surface area contributed by atoms with Gasteiger partial charge in [-0.3, -0.25) is 0 Å². The number of aromatic nitrogens is 1. The van der Waals surface area contributed by atoms with Crippen LogP contribution in [0.15, 0.2) is 186 Å². The lowest BCUT2D eigenvalue weighted by atomic mass is 9.83. The molecular weight excluding hydrogens is 681 g/mol. The van der Waals surface area contributed by atoms with Crippen molar-refractivity contribution in [2.24, 2.45) is 0 Å². The number of benzene rings is 10. The van der Waals surface area contributed by atoms with Crippen LogP contribution in [0.3, 0.4) is 0 Å². The smallest absolute Gasteiger partial charge is 0.188 e. The van der Waals surface area contributed by atoms with E-state index in [1.807, 2.05) is 24.3 Å². The summed E-state index contributed by atoms with van der Waals surface area (Å²) >= 11 is 0. The van der Waals surface area contributed by atoms with Crippen molar-refractivity contribution in [1.82, 2.24) is 4.57 Å². The van der Waals surface area contributed by atoms with Crippen LogP contribution in [0.4, 0.5) is 5.69 Å². The van der Waals surface area contributed by atoms with Crippen LogP contribution >= 0.6 is 0 Å². The van der Waals surface area contributed by atoms with Crippen LogP contribution in [-0.4, -0.2) is 4.57 Å². The highest BCUT2D eigenvalue weighted by Crippen LogP contribution is 2.48. The summed E-state index contributed by atoms with van der Waals surface area (Å²) in [6.45, 7) is 7.90. The first-order valence-corrected chi connectivity index (χ1v) is 19.0. The predicted octanol–water partition coefficient (Wildman–Crippen LogP) is 15.2. The molecule has 0 aliphatic heterocycles. The number of fused-ring (bicyclic) bond motifs is 10. The maximum atomic E-state index is 7.90. The van der Waals surface area contributed by atoms with Gasteiger partial charge in [0, 0.05) is 21.8 Å². The number of hydrogen-bond acceptors (Lipinski definition) is 1. The Labute approximate surface area is 321 Å². The van der Waals surface area contributed by atoms with E-state index < -0.39 is 0 Å². The van der Waals surface area contributed by atoms with Crippen LogP contribution < -0.4 is 0 Å². The van der Waals surface area contributed by atoms with E-state index in [0.717, 1.165) is 55.0 Å². The maximum Gasteiger partial charge on any atom is 0.188 e. The number of nitrogens with zero attached hydrogens (tertiary/aromatic N) is 2. The zero-order valence-corrected chi connectivity index (χ0v) is 30.1. The Bertz CT molecular complexity index is 3560. The molecule has 12 aromatic rings. The molecule has 0 N–H and O–H groups in total. The van der Waals surface area contributed by atoms with Gasteiger partial charge in [-0.15, -0.1) is 0 Å². The molecule has 2 heterocycles. The van der Waals surface area contributed by atoms with Crippen molar-refractivity contribution in [1.29, 1.82) is 0 Å². The second kappa shape index (κ2) is 11.7. The quantitative estimate of drug-likeness (QED) is 0.132.